The van der Waals surface area contributed by atoms with E-state index in [1.54, 1.807) is 41.5 Å². The fourth-order valence-corrected chi connectivity index (χ4v) is 3.60. The van der Waals surface area contributed by atoms with E-state index in [-0.39, 0.29) is 51.7 Å². The van der Waals surface area contributed by atoms with E-state index in [9.17, 15) is 33.6 Å². The van der Waals surface area contributed by atoms with Gasteiger partial charge in [0.2, 0.25) is 17.7 Å². The molecule has 13 nitrogen and oxygen atoms in total. The van der Waals surface area contributed by atoms with Crippen LogP contribution >= 0.6 is 0 Å². The van der Waals surface area contributed by atoms with Crippen LogP contribution in [-0.4, -0.2) is 83.3 Å². The summed E-state index contributed by atoms with van der Waals surface area (Å²) in [6.45, 7) is 10.8. The Balaban J connectivity index is 2.60. The maximum Gasteiger partial charge on any atom is 0.306 e. The molecule has 0 saturated heterocycles. The normalized spacial score (nSPS) is 14.0. The number of rotatable bonds is 16. The Bertz CT molecular complexity index is 991. The molecule has 1 aliphatic heterocycles. The number of carbonyl (C=O) groups is 7. The minimum atomic E-state index is -1.20. The molecule has 1 heterocycles. The van der Waals surface area contributed by atoms with Crippen molar-refractivity contribution in [3.63, 3.8) is 0 Å². The topological polar surface area (TPSA) is 177 Å². The molecule has 0 saturated carbocycles. The zero-order chi connectivity index (χ0) is 31.2. The third-order valence-corrected chi connectivity index (χ3v) is 5.30. The van der Waals surface area contributed by atoms with Crippen molar-refractivity contribution in [1.29, 1.82) is 0 Å². The Labute approximate surface area is 241 Å². The summed E-state index contributed by atoms with van der Waals surface area (Å²) in [7, 11) is 0. The minimum Gasteiger partial charge on any atom is -0.460 e. The molecule has 0 aromatic carbocycles. The molecule has 0 spiro atoms. The predicted molar refractivity (Wildman–Crippen MR) is 148 cm³/mol. The summed E-state index contributed by atoms with van der Waals surface area (Å²) >= 11 is 0. The van der Waals surface area contributed by atoms with E-state index < -0.39 is 58.7 Å². The summed E-state index contributed by atoms with van der Waals surface area (Å²) in [4.78, 5) is 85.9. The summed E-state index contributed by atoms with van der Waals surface area (Å²) in [5.41, 5.74) is -1.23. The van der Waals surface area contributed by atoms with Crippen LogP contribution in [0.2, 0.25) is 0 Å². The largest absolute Gasteiger partial charge is 0.460 e. The van der Waals surface area contributed by atoms with Crippen molar-refractivity contribution in [2.45, 2.75) is 104 Å². The molecular weight excluding hydrogens is 536 g/mol. The Hall–Kier alpha value is -3.77. The van der Waals surface area contributed by atoms with Crippen LogP contribution in [0.1, 0.15) is 86.5 Å². The molecule has 0 aliphatic carbocycles. The standard InChI is InChI=1S/C28H44N4O9/c1-27(2,3)40-24(37)11-7-15-29-21(34)18-19(26(39)30-16-8-12-25(38)41-28(4,5)6)31-20(33)10-9-17-32-22(35)13-14-23(32)36/h13-14,19H,7-12,15-18H2,1-6H3,(H,29,34)(H,30,39)(H,31,33)/t19-/m0/s1. The second-order valence-electron chi connectivity index (χ2n) is 11.6. The number of hydrogen-bond donors (Lipinski definition) is 3. The molecule has 1 atom stereocenters. The van der Waals surface area contributed by atoms with Crippen molar-refractivity contribution in [3.05, 3.63) is 12.2 Å². The Morgan fingerprint density at radius 3 is 1.71 bits per heavy atom. The van der Waals surface area contributed by atoms with Gasteiger partial charge in [-0.25, -0.2) is 0 Å². The van der Waals surface area contributed by atoms with Crippen LogP contribution in [0.25, 0.3) is 0 Å². The van der Waals surface area contributed by atoms with Gasteiger partial charge in [0.05, 0.1) is 6.42 Å². The molecule has 1 rings (SSSR count). The molecule has 0 unspecified atom stereocenters. The highest BCUT2D eigenvalue weighted by Gasteiger charge is 2.26. The summed E-state index contributed by atoms with van der Waals surface area (Å²) in [6, 6.07) is -1.20. The van der Waals surface area contributed by atoms with Crippen molar-refractivity contribution in [1.82, 2.24) is 20.9 Å². The fourth-order valence-electron chi connectivity index (χ4n) is 3.60. The minimum absolute atomic E-state index is 0.0394. The average Bonchev–Trinajstić information content (AvgIpc) is 3.14. The number of ether oxygens (including phenoxy) is 2. The third kappa shape index (κ3) is 16.2. The van der Waals surface area contributed by atoms with Gasteiger partial charge in [-0.15, -0.1) is 0 Å². The second-order valence-corrected chi connectivity index (χ2v) is 11.6. The van der Waals surface area contributed by atoms with Crippen LogP contribution < -0.4 is 16.0 Å². The van der Waals surface area contributed by atoms with E-state index in [1.807, 2.05) is 0 Å². The fraction of sp³-hybridized carbons (Fsp3) is 0.679. The lowest BCUT2D eigenvalue weighted by Gasteiger charge is -2.20. The Morgan fingerprint density at radius 2 is 1.22 bits per heavy atom. The molecule has 3 N–H and O–H groups in total. The average molecular weight is 581 g/mol. The predicted octanol–water partition coefficient (Wildman–Crippen LogP) is 1.04. The van der Waals surface area contributed by atoms with E-state index in [1.165, 1.54) is 0 Å². The number of esters is 2. The van der Waals surface area contributed by atoms with E-state index in [0.717, 1.165) is 17.1 Å². The first-order valence-corrected chi connectivity index (χ1v) is 13.8. The zero-order valence-electron chi connectivity index (χ0n) is 24.9. The van der Waals surface area contributed by atoms with Gasteiger partial charge >= 0.3 is 11.9 Å². The molecule has 0 bridgehead atoms. The molecule has 41 heavy (non-hydrogen) atoms. The molecule has 0 aromatic heterocycles. The Kier molecular flexibility index (Phi) is 14.2. The third-order valence-electron chi connectivity index (χ3n) is 5.30. The quantitative estimate of drug-likeness (QED) is 0.137. The first kappa shape index (κ1) is 35.3. The summed E-state index contributed by atoms with van der Waals surface area (Å²) in [5, 5.41) is 7.77. The molecule has 1 aliphatic rings. The van der Waals surface area contributed by atoms with Crippen LogP contribution in [0.3, 0.4) is 0 Å². The molecule has 0 radical (unpaired) electrons. The maximum atomic E-state index is 12.8. The Morgan fingerprint density at radius 1 is 0.732 bits per heavy atom. The van der Waals surface area contributed by atoms with Gasteiger partial charge in [-0.3, -0.25) is 38.5 Å². The number of imide groups is 1. The van der Waals surface area contributed by atoms with Crippen molar-refractivity contribution < 1.29 is 43.0 Å². The lowest BCUT2D eigenvalue weighted by molar-refractivity contribution is -0.156. The number of nitrogens with zero attached hydrogens (tertiary/aromatic N) is 1. The van der Waals surface area contributed by atoms with Gasteiger partial charge in [0, 0.05) is 51.0 Å². The van der Waals surface area contributed by atoms with Gasteiger partial charge < -0.3 is 25.4 Å². The van der Waals surface area contributed by atoms with Crippen LogP contribution in [0.5, 0.6) is 0 Å². The lowest BCUT2D eigenvalue weighted by atomic mass is 10.1. The zero-order valence-corrected chi connectivity index (χ0v) is 24.9. The maximum absolute atomic E-state index is 12.8. The number of carbonyl (C=O) groups excluding carboxylic acids is 7. The van der Waals surface area contributed by atoms with Gasteiger partial charge in [0.1, 0.15) is 17.2 Å². The highest BCUT2D eigenvalue weighted by atomic mass is 16.6. The molecule has 230 valence electrons. The van der Waals surface area contributed by atoms with Crippen molar-refractivity contribution in [2.24, 2.45) is 0 Å². The van der Waals surface area contributed by atoms with Crippen LogP contribution in [0, 0.1) is 0 Å². The number of nitrogens with one attached hydrogen (secondary N) is 3. The molecule has 5 amide bonds. The van der Waals surface area contributed by atoms with Crippen LogP contribution in [-0.2, 0) is 43.0 Å². The molecular formula is C28H44N4O9. The second kappa shape index (κ2) is 16.5. The van der Waals surface area contributed by atoms with Gasteiger partial charge in [0.15, 0.2) is 0 Å². The van der Waals surface area contributed by atoms with E-state index in [4.69, 9.17) is 9.47 Å². The summed E-state index contributed by atoms with van der Waals surface area (Å²) in [6.07, 6.45) is 2.84. The van der Waals surface area contributed by atoms with E-state index in [2.05, 4.69) is 16.0 Å². The summed E-state index contributed by atoms with van der Waals surface area (Å²) < 4.78 is 10.5. The van der Waals surface area contributed by atoms with E-state index >= 15 is 0 Å². The van der Waals surface area contributed by atoms with Crippen molar-refractivity contribution in [2.75, 3.05) is 19.6 Å². The monoisotopic (exact) mass is 580 g/mol. The van der Waals surface area contributed by atoms with Gasteiger partial charge in [-0.1, -0.05) is 0 Å². The highest BCUT2D eigenvalue weighted by Crippen LogP contribution is 2.10. The number of hydrogen-bond acceptors (Lipinski definition) is 9. The van der Waals surface area contributed by atoms with Gasteiger partial charge in [-0.05, 0) is 60.8 Å². The molecule has 13 heteroatoms. The van der Waals surface area contributed by atoms with E-state index in [0.29, 0.717) is 12.8 Å². The molecule has 0 fully saturated rings. The van der Waals surface area contributed by atoms with Crippen LogP contribution in [0.4, 0.5) is 0 Å². The lowest BCUT2D eigenvalue weighted by Crippen LogP contribution is -2.49. The smallest absolute Gasteiger partial charge is 0.306 e. The van der Waals surface area contributed by atoms with Gasteiger partial charge in [0.25, 0.3) is 11.8 Å². The number of amides is 5. The first-order chi connectivity index (χ1) is 19.0. The van der Waals surface area contributed by atoms with Crippen LogP contribution in [0.15, 0.2) is 12.2 Å². The SMILES string of the molecule is CC(C)(C)OC(=O)CCCNC(=O)C[C@H](NC(=O)CCCN1C(=O)C=CC1=O)C(=O)NCCCC(=O)OC(C)(C)C. The van der Waals surface area contributed by atoms with Crippen molar-refractivity contribution in [3.8, 4) is 0 Å². The van der Waals surface area contributed by atoms with Gasteiger partial charge in [-0.2, -0.15) is 0 Å². The summed E-state index contributed by atoms with van der Waals surface area (Å²) in [5.74, 6) is -3.37. The van der Waals surface area contributed by atoms with Crippen molar-refractivity contribution >= 4 is 41.5 Å². The highest BCUT2D eigenvalue weighted by molar-refractivity contribution is 6.12. The first-order valence-electron chi connectivity index (χ1n) is 13.8. The molecule has 0 aromatic rings.